The molecular weight excluding hydrogens is 344 g/mol. The van der Waals surface area contributed by atoms with Gasteiger partial charge in [0.25, 0.3) is 0 Å². The Morgan fingerprint density at radius 3 is 2.27 bits per heavy atom. The Morgan fingerprint density at radius 1 is 1.00 bits per heavy atom. The van der Waals surface area contributed by atoms with Crippen molar-refractivity contribution < 1.29 is 9.53 Å². The average Bonchev–Trinajstić information content (AvgIpc) is 2.58. The van der Waals surface area contributed by atoms with Gasteiger partial charge < -0.3 is 15.4 Å². The van der Waals surface area contributed by atoms with Crippen LogP contribution >= 0.6 is 12.2 Å². The molecule has 134 valence electrons. The molecule has 0 spiro atoms. The minimum Gasteiger partial charge on any atom is -0.457 e. The van der Waals surface area contributed by atoms with Crippen LogP contribution in [0.25, 0.3) is 0 Å². The zero-order chi connectivity index (χ0) is 18.8. The van der Waals surface area contributed by atoms with Crippen LogP contribution in [0.2, 0.25) is 0 Å². The smallest absolute Gasteiger partial charge is 0.171 e. The highest BCUT2D eigenvalue weighted by Crippen LogP contribution is 2.30. The summed E-state index contributed by atoms with van der Waals surface area (Å²) in [6.45, 7) is 7.58. The van der Waals surface area contributed by atoms with Gasteiger partial charge in [0.2, 0.25) is 0 Å². The molecule has 2 N–H and O–H groups in total. The molecule has 0 saturated carbocycles. The normalized spacial score (nSPS) is 16.8. The zero-order valence-corrected chi connectivity index (χ0v) is 16.2. The first-order valence-corrected chi connectivity index (χ1v) is 8.90. The SMILES string of the molecule is CC(=O)C1=C(C)NC(=S)NC1c1ccc(Oc2ccc(C)c(C)c2)cc1. The quantitative estimate of drug-likeness (QED) is 0.782. The lowest BCUT2D eigenvalue weighted by Gasteiger charge is -2.29. The molecule has 4 nitrogen and oxygen atoms in total. The molecule has 0 saturated heterocycles. The van der Waals surface area contributed by atoms with Crippen molar-refractivity contribution in [3.63, 3.8) is 0 Å². The van der Waals surface area contributed by atoms with Gasteiger partial charge in [-0.2, -0.15) is 0 Å². The van der Waals surface area contributed by atoms with Crippen molar-refractivity contribution in [1.82, 2.24) is 10.6 Å². The van der Waals surface area contributed by atoms with Crippen molar-refractivity contribution in [3.05, 3.63) is 70.4 Å². The number of aryl methyl sites for hydroxylation is 2. The minimum atomic E-state index is -0.253. The van der Waals surface area contributed by atoms with Crippen molar-refractivity contribution in [1.29, 1.82) is 0 Å². The minimum absolute atomic E-state index is 0.0189. The fraction of sp³-hybridized carbons (Fsp3) is 0.238. The molecule has 1 aliphatic rings. The number of nitrogens with one attached hydrogen (secondary N) is 2. The summed E-state index contributed by atoms with van der Waals surface area (Å²) in [5, 5.41) is 6.72. The lowest BCUT2D eigenvalue weighted by molar-refractivity contribution is -0.114. The van der Waals surface area contributed by atoms with E-state index in [0.29, 0.717) is 10.7 Å². The van der Waals surface area contributed by atoms with Crippen molar-refractivity contribution in [3.8, 4) is 11.5 Å². The second kappa shape index (κ2) is 7.30. The van der Waals surface area contributed by atoms with E-state index in [4.69, 9.17) is 17.0 Å². The molecular formula is C21H22N2O2S. The molecule has 0 fully saturated rings. The van der Waals surface area contributed by atoms with E-state index in [1.54, 1.807) is 6.92 Å². The Labute approximate surface area is 159 Å². The average molecular weight is 366 g/mol. The number of ketones is 1. The molecule has 5 heteroatoms. The summed E-state index contributed by atoms with van der Waals surface area (Å²) in [4.78, 5) is 12.1. The Morgan fingerprint density at radius 2 is 1.65 bits per heavy atom. The fourth-order valence-corrected chi connectivity index (χ4v) is 3.32. The highest BCUT2D eigenvalue weighted by Gasteiger charge is 2.27. The van der Waals surface area contributed by atoms with Gasteiger partial charge in [-0.15, -0.1) is 0 Å². The number of ether oxygens (including phenoxy) is 1. The van der Waals surface area contributed by atoms with Gasteiger partial charge in [0, 0.05) is 11.3 Å². The van der Waals surface area contributed by atoms with Crippen molar-refractivity contribution in [2.75, 3.05) is 0 Å². The molecule has 2 aromatic carbocycles. The van der Waals surface area contributed by atoms with E-state index < -0.39 is 0 Å². The number of hydrogen-bond acceptors (Lipinski definition) is 3. The Bertz CT molecular complexity index is 901. The van der Waals surface area contributed by atoms with Gasteiger partial charge in [-0.3, -0.25) is 4.79 Å². The first-order chi connectivity index (χ1) is 12.3. The number of hydrogen-bond donors (Lipinski definition) is 2. The summed E-state index contributed by atoms with van der Waals surface area (Å²) in [6, 6.07) is 13.5. The second-order valence-corrected chi connectivity index (χ2v) is 6.95. The summed E-state index contributed by atoms with van der Waals surface area (Å²) < 4.78 is 5.94. The standard InChI is InChI=1S/C21H22N2O2S/c1-12-5-8-18(11-13(12)2)25-17-9-6-16(7-10-17)20-19(15(4)24)14(3)22-21(26)23-20/h5-11,20H,1-4H3,(H2,22,23,26). The van der Waals surface area contributed by atoms with Gasteiger partial charge in [-0.1, -0.05) is 18.2 Å². The van der Waals surface area contributed by atoms with Gasteiger partial charge in [0.05, 0.1) is 6.04 Å². The summed E-state index contributed by atoms with van der Waals surface area (Å²) in [5.74, 6) is 1.58. The van der Waals surface area contributed by atoms with E-state index in [1.165, 1.54) is 11.1 Å². The molecule has 2 aromatic rings. The van der Waals surface area contributed by atoms with Crippen LogP contribution in [0.15, 0.2) is 53.7 Å². The summed E-state index contributed by atoms with van der Waals surface area (Å²) in [6.07, 6.45) is 0. The van der Waals surface area contributed by atoms with Crippen LogP contribution in [0.5, 0.6) is 11.5 Å². The highest BCUT2D eigenvalue weighted by atomic mass is 32.1. The molecule has 0 bridgehead atoms. The van der Waals surface area contributed by atoms with E-state index in [9.17, 15) is 4.79 Å². The predicted molar refractivity (Wildman–Crippen MR) is 107 cm³/mol. The van der Waals surface area contributed by atoms with Gasteiger partial charge >= 0.3 is 0 Å². The van der Waals surface area contributed by atoms with Crippen LogP contribution in [0.3, 0.4) is 0 Å². The molecule has 1 unspecified atom stereocenters. The molecule has 3 rings (SSSR count). The lowest BCUT2D eigenvalue weighted by atomic mass is 9.93. The van der Waals surface area contributed by atoms with E-state index in [-0.39, 0.29) is 11.8 Å². The number of allylic oxidation sites excluding steroid dienone is 1. The van der Waals surface area contributed by atoms with Gasteiger partial charge in [-0.05, 0) is 80.9 Å². The Kier molecular flexibility index (Phi) is 5.09. The van der Waals surface area contributed by atoms with E-state index in [1.807, 2.05) is 49.4 Å². The number of thiocarbonyl (C=S) groups is 1. The predicted octanol–water partition coefficient (Wildman–Crippen LogP) is 4.48. The third kappa shape index (κ3) is 3.78. The molecule has 26 heavy (non-hydrogen) atoms. The summed E-state index contributed by atoms with van der Waals surface area (Å²) in [7, 11) is 0. The number of benzene rings is 2. The second-order valence-electron chi connectivity index (χ2n) is 6.54. The third-order valence-electron chi connectivity index (χ3n) is 4.58. The number of carbonyl (C=O) groups is 1. The topological polar surface area (TPSA) is 50.4 Å². The first-order valence-electron chi connectivity index (χ1n) is 8.49. The molecule has 0 radical (unpaired) electrons. The zero-order valence-electron chi connectivity index (χ0n) is 15.3. The maximum absolute atomic E-state index is 12.1. The number of rotatable bonds is 4. The Hall–Kier alpha value is -2.66. The summed E-state index contributed by atoms with van der Waals surface area (Å²) >= 11 is 5.24. The van der Waals surface area contributed by atoms with Crippen LogP contribution in [-0.2, 0) is 4.79 Å². The van der Waals surface area contributed by atoms with Gasteiger partial charge in [0.15, 0.2) is 10.9 Å². The monoisotopic (exact) mass is 366 g/mol. The molecule has 1 heterocycles. The number of carbonyl (C=O) groups excluding carboxylic acids is 1. The Balaban J connectivity index is 1.84. The maximum atomic E-state index is 12.1. The van der Waals surface area contributed by atoms with E-state index in [0.717, 1.165) is 22.8 Å². The molecule has 1 atom stereocenters. The third-order valence-corrected chi connectivity index (χ3v) is 4.80. The molecule has 0 aromatic heterocycles. The lowest BCUT2D eigenvalue weighted by Crippen LogP contribution is -2.44. The maximum Gasteiger partial charge on any atom is 0.171 e. The van der Waals surface area contributed by atoms with Crippen molar-refractivity contribution >= 4 is 23.1 Å². The van der Waals surface area contributed by atoms with Crippen molar-refractivity contribution in [2.45, 2.75) is 33.7 Å². The molecule has 0 amide bonds. The molecule has 1 aliphatic heterocycles. The highest BCUT2D eigenvalue weighted by molar-refractivity contribution is 7.80. The number of Topliss-reactive ketones (excluding diaryl/α,β-unsaturated/α-hetero) is 1. The van der Waals surface area contributed by atoms with E-state index in [2.05, 4.69) is 24.5 Å². The van der Waals surface area contributed by atoms with Gasteiger partial charge in [-0.25, -0.2) is 0 Å². The summed E-state index contributed by atoms with van der Waals surface area (Å²) in [5.41, 5.74) is 4.88. The molecule has 0 aliphatic carbocycles. The van der Waals surface area contributed by atoms with Crippen molar-refractivity contribution in [2.24, 2.45) is 0 Å². The van der Waals surface area contributed by atoms with Crippen LogP contribution in [-0.4, -0.2) is 10.9 Å². The fourth-order valence-electron chi connectivity index (χ4n) is 3.05. The van der Waals surface area contributed by atoms with Crippen LogP contribution in [0.4, 0.5) is 0 Å². The van der Waals surface area contributed by atoms with Crippen LogP contribution < -0.4 is 15.4 Å². The van der Waals surface area contributed by atoms with E-state index >= 15 is 0 Å². The van der Waals surface area contributed by atoms with Gasteiger partial charge in [0.1, 0.15) is 11.5 Å². The first kappa shape index (κ1) is 18.1. The van der Waals surface area contributed by atoms with Crippen LogP contribution in [0.1, 0.15) is 36.6 Å². The van der Waals surface area contributed by atoms with Crippen LogP contribution in [0, 0.1) is 13.8 Å². The largest absolute Gasteiger partial charge is 0.457 e.